The van der Waals surface area contributed by atoms with Crippen LogP contribution in [0.1, 0.15) is 107 Å². The monoisotopic (exact) mass is 670 g/mol. The lowest BCUT2D eigenvalue weighted by Crippen LogP contribution is -2.52. The van der Waals surface area contributed by atoms with E-state index in [9.17, 15) is 19.2 Å². The molecule has 0 fully saturated rings. The van der Waals surface area contributed by atoms with Crippen molar-refractivity contribution in [2.24, 2.45) is 0 Å². The predicted molar refractivity (Wildman–Crippen MR) is 192 cm³/mol. The number of nitrogens with one attached hydrogen (secondary N) is 2. The second-order valence-corrected chi connectivity index (χ2v) is 12.6. The molecule has 0 heterocycles. The van der Waals surface area contributed by atoms with Crippen LogP contribution in [0.5, 0.6) is 0 Å². The standard InChI is InChI=1S/C41H54N2O6/c1-2-3-4-5-6-7-8-9-19-26-38(44)42-36(28-27-33-20-13-10-14-21-33)40(46)43-37(41(47)49-32-35-24-17-12-18-25-35)29-30-39(45)48-31-34-22-15-11-16-23-34/h10-18,20-25,36-37H,2-9,19,26-32H2,1H3,(H,42,44)(H,43,46). The maximum atomic E-state index is 13.7. The zero-order valence-corrected chi connectivity index (χ0v) is 29.1. The Morgan fingerprint density at radius 2 is 1.06 bits per heavy atom. The number of aryl methyl sites for hydroxylation is 1. The molecule has 0 spiro atoms. The Bertz CT molecular complexity index is 1370. The van der Waals surface area contributed by atoms with Crippen LogP contribution in [0.4, 0.5) is 0 Å². The van der Waals surface area contributed by atoms with Crippen LogP contribution in [0.15, 0.2) is 91.0 Å². The number of carbonyl (C=O) groups excluding carboxylic acids is 4. The molecule has 3 aromatic rings. The first kappa shape index (κ1) is 39.0. The van der Waals surface area contributed by atoms with Crippen LogP contribution in [0.25, 0.3) is 0 Å². The van der Waals surface area contributed by atoms with Crippen LogP contribution in [0.2, 0.25) is 0 Å². The first-order valence-electron chi connectivity index (χ1n) is 18.0. The summed E-state index contributed by atoms with van der Waals surface area (Å²) in [6.45, 7) is 2.35. The van der Waals surface area contributed by atoms with E-state index in [1.165, 1.54) is 38.5 Å². The normalized spacial score (nSPS) is 12.0. The zero-order chi connectivity index (χ0) is 34.9. The number of carbonyl (C=O) groups is 4. The second kappa shape index (κ2) is 23.8. The third kappa shape index (κ3) is 17.0. The first-order valence-corrected chi connectivity index (χ1v) is 18.0. The van der Waals surface area contributed by atoms with Gasteiger partial charge in [-0.25, -0.2) is 4.79 Å². The molecule has 49 heavy (non-hydrogen) atoms. The van der Waals surface area contributed by atoms with Gasteiger partial charge in [-0.15, -0.1) is 0 Å². The summed E-state index contributed by atoms with van der Waals surface area (Å²) in [4.78, 5) is 52.7. The summed E-state index contributed by atoms with van der Waals surface area (Å²) in [5.74, 6) is -1.83. The van der Waals surface area contributed by atoms with Gasteiger partial charge in [-0.3, -0.25) is 14.4 Å². The van der Waals surface area contributed by atoms with Crippen molar-refractivity contribution in [3.05, 3.63) is 108 Å². The van der Waals surface area contributed by atoms with E-state index in [1.807, 2.05) is 91.0 Å². The number of rotatable bonds is 24. The molecule has 0 bridgehead atoms. The minimum atomic E-state index is -1.10. The van der Waals surface area contributed by atoms with E-state index in [0.29, 0.717) is 19.3 Å². The van der Waals surface area contributed by atoms with Gasteiger partial charge in [0, 0.05) is 12.8 Å². The molecular formula is C41H54N2O6. The molecule has 0 aliphatic carbocycles. The maximum Gasteiger partial charge on any atom is 0.328 e. The Hall–Kier alpha value is -4.46. The van der Waals surface area contributed by atoms with Gasteiger partial charge >= 0.3 is 11.9 Å². The number of benzene rings is 3. The Balaban J connectivity index is 1.60. The van der Waals surface area contributed by atoms with Gasteiger partial charge in [0.2, 0.25) is 11.8 Å². The predicted octanol–water partition coefficient (Wildman–Crippen LogP) is 7.78. The highest BCUT2D eigenvalue weighted by Crippen LogP contribution is 2.13. The summed E-state index contributed by atoms with van der Waals surface area (Å²) >= 11 is 0. The van der Waals surface area contributed by atoms with Crippen LogP contribution < -0.4 is 10.6 Å². The first-order chi connectivity index (χ1) is 23.9. The maximum absolute atomic E-state index is 13.7. The van der Waals surface area contributed by atoms with Gasteiger partial charge < -0.3 is 20.1 Å². The van der Waals surface area contributed by atoms with E-state index in [2.05, 4.69) is 17.6 Å². The molecule has 2 atom stereocenters. The molecule has 2 unspecified atom stereocenters. The molecule has 8 nitrogen and oxygen atoms in total. The molecule has 0 aliphatic rings. The van der Waals surface area contributed by atoms with Crippen LogP contribution in [0, 0.1) is 0 Å². The Morgan fingerprint density at radius 3 is 1.63 bits per heavy atom. The smallest absolute Gasteiger partial charge is 0.328 e. The van der Waals surface area contributed by atoms with Crippen molar-refractivity contribution in [3.63, 3.8) is 0 Å². The fraction of sp³-hybridized carbons (Fsp3) is 0.463. The van der Waals surface area contributed by atoms with Crippen LogP contribution in [-0.2, 0) is 48.3 Å². The lowest BCUT2D eigenvalue weighted by molar-refractivity contribution is -0.150. The molecule has 8 heteroatoms. The summed E-state index contributed by atoms with van der Waals surface area (Å²) < 4.78 is 11.0. The van der Waals surface area contributed by atoms with E-state index < -0.39 is 29.9 Å². The highest BCUT2D eigenvalue weighted by atomic mass is 16.5. The van der Waals surface area contributed by atoms with Gasteiger partial charge in [0.15, 0.2) is 0 Å². The van der Waals surface area contributed by atoms with E-state index >= 15 is 0 Å². The average molecular weight is 671 g/mol. The minimum absolute atomic E-state index is 0.00914. The third-order valence-electron chi connectivity index (χ3n) is 8.43. The van der Waals surface area contributed by atoms with Gasteiger partial charge in [-0.2, -0.15) is 0 Å². The molecular weight excluding hydrogens is 616 g/mol. The summed E-state index contributed by atoms with van der Waals surface area (Å²) in [6, 6.07) is 26.3. The van der Waals surface area contributed by atoms with Crippen molar-refractivity contribution in [1.29, 1.82) is 0 Å². The average Bonchev–Trinajstić information content (AvgIpc) is 3.13. The van der Waals surface area contributed by atoms with Gasteiger partial charge in [-0.05, 0) is 42.4 Å². The minimum Gasteiger partial charge on any atom is -0.461 e. The number of ether oxygens (including phenoxy) is 2. The van der Waals surface area contributed by atoms with Crippen molar-refractivity contribution >= 4 is 23.8 Å². The van der Waals surface area contributed by atoms with Crippen LogP contribution in [-0.4, -0.2) is 35.8 Å². The van der Waals surface area contributed by atoms with Gasteiger partial charge in [0.05, 0.1) is 0 Å². The van der Waals surface area contributed by atoms with Gasteiger partial charge in [-0.1, -0.05) is 149 Å². The zero-order valence-electron chi connectivity index (χ0n) is 29.1. The van der Waals surface area contributed by atoms with Crippen molar-refractivity contribution < 1.29 is 28.7 Å². The van der Waals surface area contributed by atoms with Gasteiger partial charge in [0.25, 0.3) is 0 Å². The van der Waals surface area contributed by atoms with Gasteiger partial charge in [0.1, 0.15) is 25.3 Å². The molecule has 2 N–H and O–H groups in total. The lowest BCUT2D eigenvalue weighted by atomic mass is 10.0. The summed E-state index contributed by atoms with van der Waals surface area (Å²) in [5.41, 5.74) is 2.68. The van der Waals surface area contributed by atoms with Crippen molar-refractivity contribution in [2.45, 2.75) is 122 Å². The van der Waals surface area contributed by atoms with E-state index in [4.69, 9.17) is 9.47 Å². The molecule has 0 saturated heterocycles. The van der Waals surface area contributed by atoms with Crippen molar-refractivity contribution in [2.75, 3.05) is 0 Å². The van der Waals surface area contributed by atoms with Crippen molar-refractivity contribution in [3.8, 4) is 0 Å². The summed E-state index contributed by atoms with van der Waals surface area (Å²) in [6.07, 6.45) is 11.4. The summed E-state index contributed by atoms with van der Waals surface area (Å²) in [7, 11) is 0. The number of amides is 2. The largest absolute Gasteiger partial charge is 0.461 e. The fourth-order valence-corrected chi connectivity index (χ4v) is 5.51. The molecule has 264 valence electrons. The SMILES string of the molecule is CCCCCCCCCCCC(=O)NC(CCc1ccccc1)C(=O)NC(CCC(=O)OCc1ccccc1)C(=O)OCc1ccccc1. The number of hydrogen-bond donors (Lipinski definition) is 2. The molecule has 0 radical (unpaired) electrons. The quantitative estimate of drug-likeness (QED) is 0.0744. The highest BCUT2D eigenvalue weighted by Gasteiger charge is 2.28. The molecule has 0 aromatic heterocycles. The lowest BCUT2D eigenvalue weighted by Gasteiger charge is -2.23. The Morgan fingerprint density at radius 1 is 0.551 bits per heavy atom. The topological polar surface area (TPSA) is 111 Å². The van der Waals surface area contributed by atoms with E-state index in [0.717, 1.165) is 36.0 Å². The van der Waals surface area contributed by atoms with Crippen LogP contribution in [0.3, 0.4) is 0 Å². The molecule has 3 rings (SSSR count). The fourth-order valence-electron chi connectivity index (χ4n) is 5.51. The Labute approximate surface area is 292 Å². The molecule has 3 aromatic carbocycles. The number of unbranched alkanes of at least 4 members (excludes halogenated alkanes) is 8. The van der Waals surface area contributed by atoms with E-state index in [1.54, 1.807) is 0 Å². The molecule has 0 aliphatic heterocycles. The van der Waals surface area contributed by atoms with Crippen LogP contribution >= 0.6 is 0 Å². The Kier molecular flexibility index (Phi) is 18.9. The van der Waals surface area contributed by atoms with Crippen molar-refractivity contribution in [1.82, 2.24) is 10.6 Å². The number of hydrogen-bond acceptors (Lipinski definition) is 6. The highest BCUT2D eigenvalue weighted by molar-refractivity contribution is 5.91. The number of esters is 2. The third-order valence-corrected chi connectivity index (χ3v) is 8.43. The molecule has 2 amide bonds. The summed E-state index contributed by atoms with van der Waals surface area (Å²) in [5, 5.41) is 5.72. The van der Waals surface area contributed by atoms with E-state index in [-0.39, 0.29) is 32.0 Å². The second-order valence-electron chi connectivity index (χ2n) is 12.6. The molecule has 0 saturated carbocycles.